The first-order valence-corrected chi connectivity index (χ1v) is 6.48. The largest absolute Gasteiger partial charge is 0.364 e. The Bertz CT molecular complexity index is 585. The second kappa shape index (κ2) is 4.48. The molecule has 1 N–H and O–H groups in total. The monoisotopic (exact) mass is 257 g/mol. The highest BCUT2D eigenvalue weighted by Crippen LogP contribution is 2.42. The van der Waals surface area contributed by atoms with E-state index in [9.17, 15) is 9.90 Å². The van der Waals surface area contributed by atoms with Crippen LogP contribution >= 0.6 is 11.8 Å². The minimum atomic E-state index is -0.852. The molecule has 0 spiro atoms. The van der Waals surface area contributed by atoms with E-state index in [-0.39, 0.29) is 5.91 Å². The SMILES string of the molecule is O=C(c1ccccc1)N1c2ccccc2SC1O. The number of thioether (sulfide) groups is 1. The van der Waals surface area contributed by atoms with Crippen molar-refractivity contribution in [1.29, 1.82) is 0 Å². The molecule has 2 aromatic carbocycles. The summed E-state index contributed by atoms with van der Waals surface area (Å²) < 4.78 is 0. The predicted octanol–water partition coefficient (Wildman–Crippen LogP) is 2.72. The maximum atomic E-state index is 12.4. The van der Waals surface area contributed by atoms with Crippen molar-refractivity contribution in [3.8, 4) is 0 Å². The van der Waals surface area contributed by atoms with Crippen LogP contribution in [0.15, 0.2) is 59.5 Å². The first-order valence-electron chi connectivity index (χ1n) is 5.60. The van der Waals surface area contributed by atoms with Gasteiger partial charge < -0.3 is 5.11 Å². The summed E-state index contributed by atoms with van der Waals surface area (Å²) in [5.41, 5.74) is 0.493. The van der Waals surface area contributed by atoms with Crippen molar-refractivity contribution >= 4 is 23.4 Å². The molecule has 1 aliphatic heterocycles. The van der Waals surface area contributed by atoms with Crippen molar-refractivity contribution < 1.29 is 9.90 Å². The quantitative estimate of drug-likeness (QED) is 0.854. The van der Waals surface area contributed by atoms with Gasteiger partial charge in [-0.3, -0.25) is 9.69 Å². The molecule has 1 atom stereocenters. The lowest BCUT2D eigenvalue weighted by Crippen LogP contribution is -2.35. The molecular weight excluding hydrogens is 246 g/mol. The van der Waals surface area contributed by atoms with Gasteiger partial charge in [-0.1, -0.05) is 42.1 Å². The first-order chi connectivity index (χ1) is 8.77. The summed E-state index contributed by atoms with van der Waals surface area (Å²) in [5, 5.41) is 10.0. The molecule has 3 rings (SSSR count). The van der Waals surface area contributed by atoms with Gasteiger partial charge in [0.25, 0.3) is 5.91 Å². The van der Waals surface area contributed by atoms with E-state index in [0.29, 0.717) is 5.56 Å². The molecular formula is C14H11NO2S. The van der Waals surface area contributed by atoms with E-state index in [1.54, 1.807) is 12.1 Å². The first kappa shape index (κ1) is 11.3. The molecule has 0 aliphatic carbocycles. The zero-order valence-electron chi connectivity index (χ0n) is 9.48. The number of hydrogen-bond donors (Lipinski definition) is 1. The van der Waals surface area contributed by atoms with Crippen LogP contribution in [-0.4, -0.2) is 16.6 Å². The fourth-order valence-electron chi connectivity index (χ4n) is 1.97. The number of carbonyl (C=O) groups is 1. The highest BCUT2D eigenvalue weighted by Gasteiger charge is 2.33. The summed E-state index contributed by atoms with van der Waals surface area (Å²) >= 11 is 1.28. The van der Waals surface area contributed by atoms with E-state index in [1.165, 1.54) is 16.7 Å². The molecule has 1 aliphatic rings. The topological polar surface area (TPSA) is 40.5 Å². The highest BCUT2D eigenvalue weighted by molar-refractivity contribution is 8.00. The van der Waals surface area contributed by atoms with Crippen molar-refractivity contribution in [3.63, 3.8) is 0 Å². The van der Waals surface area contributed by atoms with Crippen molar-refractivity contribution in [2.75, 3.05) is 4.90 Å². The van der Waals surface area contributed by atoms with Gasteiger partial charge >= 0.3 is 0 Å². The van der Waals surface area contributed by atoms with Gasteiger partial charge in [-0.05, 0) is 24.3 Å². The smallest absolute Gasteiger partial charge is 0.261 e. The standard InChI is InChI=1S/C14H11NO2S/c16-13(10-6-2-1-3-7-10)15-11-8-4-5-9-12(11)18-14(15)17/h1-9,14,17H. The van der Waals surface area contributed by atoms with Crippen LogP contribution in [0.25, 0.3) is 0 Å². The Hall–Kier alpha value is -1.78. The fraction of sp³-hybridized carbons (Fsp3) is 0.0714. The van der Waals surface area contributed by atoms with E-state index >= 15 is 0 Å². The number of hydrogen-bond acceptors (Lipinski definition) is 3. The molecule has 1 unspecified atom stereocenters. The summed E-state index contributed by atoms with van der Waals surface area (Å²) in [5.74, 6) is -0.180. The second-order valence-corrected chi connectivity index (χ2v) is 5.05. The predicted molar refractivity (Wildman–Crippen MR) is 71.6 cm³/mol. The minimum absolute atomic E-state index is 0.180. The number of para-hydroxylation sites is 1. The zero-order valence-corrected chi connectivity index (χ0v) is 10.3. The molecule has 90 valence electrons. The van der Waals surface area contributed by atoms with E-state index < -0.39 is 5.56 Å². The van der Waals surface area contributed by atoms with Crippen LogP contribution in [0.4, 0.5) is 5.69 Å². The van der Waals surface area contributed by atoms with Crippen molar-refractivity contribution in [3.05, 3.63) is 60.2 Å². The van der Waals surface area contributed by atoms with E-state index in [0.717, 1.165) is 10.6 Å². The van der Waals surface area contributed by atoms with Crippen molar-refractivity contribution in [1.82, 2.24) is 0 Å². The van der Waals surface area contributed by atoms with Gasteiger partial charge in [0.05, 0.1) is 5.69 Å². The summed E-state index contributed by atoms with van der Waals surface area (Å²) in [4.78, 5) is 14.7. The molecule has 1 amide bonds. The molecule has 0 bridgehead atoms. The van der Waals surface area contributed by atoms with Crippen molar-refractivity contribution in [2.24, 2.45) is 0 Å². The molecule has 2 aromatic rings. The lowest BCUT2D eigenvalue weighted by molar-refractivity contribution is 0.0949. The van der Waals surface area contributed by atoms with Gasteiger partial charge in [0.2, 0.25) is 0 Å². The highest BCUT2D eigenvalue weighted by atomic mass is 32.2. The Morgan fingerprint density at radius 1 is 1.06 bits per heavy atom. The van der Waals surface area contributed by atoms with E-state index in [1.807, 2.05) is 42.5 Å². The summed E-state index contributed by atoms with van der Waals surface area (Å²) in [6.07, 6.45) is 0. The number of carbonyl (C=O) groups excluding carboxylic acids is 1. The third-order valence-electron chi connectivity index (χ3n) is 2.82. The number of anilines is 1. The third kappa shape index (κ3) is 1.79. The van der Waals surface area contributed by atoms with Crippen LogP contribution in [0.3, 0.4) is 0 Å². The molecule has 0 radical (unpaired) electrons. The van der Waals surface area contributed by atoms with Gasteiger partial charge in [0.1, 0.15) is 0 Å². The molecule has 0 fully saturated rings. The molecule has 0 saturated heterocycles. The average molecular weight is 257 g/mol. The van der Waals surface area contributed by atoms with Crippen LogP contribution in [0.5, 0.6) is 0 Å². The Balaban J connectivity index is 2.00. The number of fused-ring (bicyclic) bond motifs is 1. The van der Waals surface area contributed by atoms with Crippen LogP contribution in [-0.2, 0) is 0 Å². The van der Waals surface area contributed by atoms with E-state index in [2.05, 4.69) is 0 Å². The van der Waals surface area contributed by atoms with Crippen LogP contribution in [0.1, 0.15) is 10.4 Å². The molecule has 1 heterocycles. The van der Waals surface area contributed by atoms with Crippen LogP contribution < -0.4 is 4.90 Å². The van der Waals surface area contributed by atoms with Gasteiger partial charge in [-0.2, -0.15) is 0 Å². The van der Waals surface area contributed by atoms with Crippen molar-refractivity contribution in [2.45, 2.75) is 10.5 Å². The van der Waals surface area contributed by atoms with Crippen LogP contribution in [0.2, 0.25) is 0 Å². The Labute approximate surface area is 109 Å². The van der Waals surface area contributed by atoms with Crippen LogP contribution in [0, 0.1) is 0 Å². The van der Waals surface area contributed by atoms with E-state index in [4.69, 9.17) is 0 Å². The number of rotatable bonds is 1. The Morgan fingerprint density at radius 2 is 1.72 bits per heavy atom. The third-order valence-corrected chi connectivity index (χ3v) is 3.84. The zero-order chi connectivity index (χ0) is 12.5. The average Bonchev–Trinajstić information content (AvgIpc) is 2.75. The lowest BCUT2D eigenvalue weighted by atomic mass is 10.2. The summed E-state index contributed by atoms with van der Waals surface area (Å²) in [7, 11) is 0. The maximum Gasteiger partial charge on any atom is 0.261 e. The maximum absolute atomic E-state index is 12.4. The van der Waals surface area contributed by atoms with Gasteiger partial charge in [0.15, 0.2) is 5.56 Å². The number of nitrogens with zero attached hydrogens (tertiary/aromatic N) is 1. The fourth-order valence-corrected chi connectivity index (χ4v) is 2.96. The molecule has 18 heavy (non-hydrogen) atoms. The number of aliphatic hydroxyl groups is 1. The Morgan fingerprint density at radius 3 is 2.50 bits per heavy atom. The van der Waals surface area contributed by atoms with Gasteiger partial charge in [-0.15, -0.1) is 0 Å². The van der Waals surface area contributed by atoms with Gasteiger partial charge in [0, 0.05) is 10.5 Å². The summed E-state index contributed by atoms with van der Waals surface area (Å²) in [6.45, 7) is 0. The molecule has 4 heteroatoms. The lowest BCUT2D eigenvalue weighted by Gasteiger charge is -2.20. The second-order valence-electron chi connectivity index (χ2n) is 3.95. The number of amides is 1. The molecule has 0 saturated carbocycles. The summed E-state index contributed by atoms with van der Waals surface area (Å²) in [6, 6.07) is 16.5. The van der Waals surface area contributed by atoms with Gasteiger partial charge in [-0.25, -0.2) is 0 Å². The Kier molecular flexibility index (Phi) is 2.81. The number of benzene rings is 2. The molecule has 3 nitrogen and oxygen atoms in total. The molecule has 0 aromatic heterocycles. The minimum Gasteiger partial charge on any atom is -0.364 e. The normalized spacial score (nSPS) is 17.6. The number of aliphatic hydroxyl groups excluding tert-OH is 1.